The molecule has 9 heteroatoms. The van der Waals surface area contributed by atoms with Gasteiger partial charge < -0.3 is 25.2 Å². The third-order valence-electron chi connectivity index (χ3n) is 5.97. The maximum Gasteiger partial charge on any atom is 0.319 e. The normalized spacial score (nSPS) is 15.0. The van der Waals surface area contributed by atoms with Crippen molar-refractivity contribution in [1.29, 1.82) is 0 Å². The van der Waals surface area contributed by atoms with Gasteiger partial charge in [0.2, 0.25) is 5.91 Å². The Kier molecular flexibility index (Phi) is 8.40. The van der Waals surface area contributed by atoms with E-state index in [1.807, 2.05) is 54.6 Å². The van der Waals surface area contributed by atoms with Crippen LogP contribution in [-0.4, -0.2) is 66.6 Å². The largest absolute Gasteiger partial charge is 0.485 e. The van der Waals surface area contributed by atoms with Crippen LogP contribution in [0, 0.1) is 0 Å². The quantitative estimate of drug-likeness (QED) is 0.457. The zero-order valence-electron chi connectivity index (χ0n) is 20.4. The first-order chi connectivity index (χ1) is 17.4. The minimum absolute atomic E-state index is 0.0271. The second-order valence-corrected chi connectivity index (χ2v) is 9.26. The molecule has 188 valence electrons. The van der Waals surface area contributed by atoms with Crippen LogP contribution in [0.4, 0.5) is 10.6 Å². The van der Waals surface area contributed by atoms with Crippen LogP contribution in [0.15, 0.2) is 72.9 Å². The Morgan fingerprint density at radius 2 is 1.75 bits per heavy atom. The van der Waals surface area contributed by atoms with E-state index in [0.717, 1.165) is 17.5 Å². The number of ether oxygens (including phenoxy) is 1. The summed E-state index contributed by atoms with van der Waals surface area (Å²) in [6, 6.07) is 20.2. The van der Waals surface area contributed by atoms with E-state index < -0.39 is 6.04 Å². The van der Waals surface area contributed by atoms with Crippen molar-refractivity contribution in [3.63, 3.8) is 0 Å². The standard InChI is InChI=1S/C27H30ClN5O3/c1-32-17-23(18-33(2)27(32)35)36-22-12-13-24(30-16-22)31-26(34)25(20-6-4-3-5-7-20)29-15-14-19-8-10-21(28)11-9-19/h3-13,16,23,25,29H,14-15,17-18H2,1-2H3,(H,30,31,34)/t25-/m1/s1. The molecule has 0 radical (unpaired) electrons. The highest BCUT2D eigenvalue weighted by Gasteiger charge is 2.28. The molecule has 0 aliphatic carbocycles. The third kappa shape index (κ3) is 6.74. The summed E-state index contributed by atoms with van der Waals surface area (Å²) in [5, 5.41) is 6.96. The average molecular weight is 508 g/mol. The minimum atomic E-state index is -0.540. The molecule has 1 saturated heterocycles. The average Bonchev–Trinajstić information content (AvgIpc) is 2.88. The number of urea groups is 1. The fourth-order valence-corrected chi connectivity index (χ4v) is 4.25. The zero-order chi connectivity index (χ0) is 25.5. The van der Waals surface area contributed by atoms with E-state index in [-0.39, 0.29) is 18.0 Å². The van der Waals surface area contributed by atoms with E-state index in [0.29, 0.717) is 36.2 Å². The number of carbonyl (C=O) groups excluding carboxylic acids is 2. The van der Waals surface area contributed by atoms with Crippen LogP contribution in [0.25, 0.3) is 0 Å². The van der Waals surface area contributed by atoms with Crippen LogP contribution < -0.4 is 15.4 Å². The maximum absolute atomic E-state index is 13.2. The molecule has 1 aliphatic heterocycles. The summed E-state index contributed by atoms with van der Waals surface area (Å²) in [5.74, 6) is 0.809. The second kappa shape index (κ2) is 11.9. The predicted octanol–water partition coefficient (Wildman–Crippen LogP) is 3.99. The smallest absolute Gasteiger partial charge is 0.319 e. The molecule has 8 nitrogen and oxygen atoms in total. The number of benzene rings is 2. The fourth-order valence-electron chi connectivity index (χ4n) is 4.12. The lowest BCUT2D eigenvalue weighted by molar-refractivity contribution is -0.118. The van der Waals surface area contributed by atoms with Crippen molar-refractivity contribution in [2.45, 2.75) is 18.6 Å². The van der Waals surface area contributed by atoms with Gasteiger partial charge in [0.15, 0.2) is 0 Å². The molecular weight excluding hydrogens is 478 g/mol. The van der Waals surface area contributed by atoms with Gasteiger partial charge in [-0.15, -0.1) is 0 Å². The number of rotatable bonds is 9. The summed E-state index contributed by atoms with van der Waals surface area (Å²) in [5.41, 5.74) is 2.00. The van der Waals surface area contributed by atoms with Crippen molar-refractivity contribution in [1.82, 2.24) is 20.1 Å². The molecule has 2 aromatic carbocycles. The molecule has 4 rings (SSSR count). The van der Waals surface area contributed by atoms with Crippen LogP contribution in [-0.2, 0) is 11.2 Å². The number of halogens is 1. The lowest BCUT2D eigenvalue weighted by Gasteiger charge is -2.36. The Morgan fingerprint density at radius 1 is 1.06 bits per heavy atom. The van der Waals surface area contributed by atoms with Crippen molar-refractivity contribution in [2.75, 3.05) is 39.0 Å². The van der Waals surface area contributed by atoms with Crippen LogP contribution in [0.5, 0.6) is 5.75 Å². The van der Waals surface area contributed by atoms with Gasteiger partial charge in [-0.1, -0.05) is 54.1 Å². The highest BCUT2D eigenvalue weighted by atomic mass is 35.5. The molecular formula is C27H30ClN5O3. The summed E-state index contributed by atoms with van der Waals surface area (Å²) in [7, 11) is 3.50. The van der Waals surface area contributed by atoms with E-state index in [4.69, 9.17) is 16.3 Å². The highest BCUT2D eigenvalue weighted by Crippen LogP contribution is 2.19. The lowest BCUT2D eigenvalue weighted by Crippen LogP contribution is -2.54. The third-order valence-corrected chi connectivity index (χ3v) is 6.22. The number of aromatic nitrogens is 1. The zero-order valence-corrected chi connectivity index (χ0v) is 21.1. The van der Waals surface area contributed by atoms with Gasteiger partial charge in [-0.3, -0.25) is 4.79 Å². The number of pyridine rings is 1. The highest BCUT2D eigenvalue weighted by molar-refractivity contribution is 6.30. The van der Waals surface area contributed by atoms with Crippen molar-refractivity contribution in [3.05, 3.63) is 89.1 Å². The van der Waals surface area contributed by atoms with Gasteiger partial charge in [0.05, 0.1) is 19.3 Å². The summed E-state index contributed by atoms with van der Waals surface area (Å²) >= 11 is 5.97. The van der Waals surface area contributed by atoms with Crippen molar-refractivity contribution in [2.24, 2.45) is 0 Å². The number of amides is 3. The molecule has 1 aliphatic rings. The first-order valence-electron chi connectivity index (χ1n) is 11.8. The van der Waals surface area contributed by atoms with E-state index in [9.17, 15) is 9.59 Å². The van der Waals surface area contributed by atoms with E-state index in [2.05, 4.69) is 15.6 Å². The molecule has 0 saturated carbocycles. The molecule has 3 amide bonds. The Morgan fingerprint density at radius 3 is 2.39 bits per heavy atom. The molecule has 2 heterocycles. The van der Waals surface area contributed by atoms with Gasteiger partial charge >= 0.3 is 6.03 Å². The van der Waals surface area contributed by atoms with Gasteiger partial charge in [0.25, 0.3) is 0 Å². The molecule has 3 aromatic rings. The molecule has 1 atom stereocenters. The summed E-state index contributed by atoms with van der Waals surface area (Å²) in [6.45, 7) is 1.62. The number of anilines is 1. The van der Waals surface area contributed by atoms with Crippen LogP contribution in [0.2, 0.25) is 5.02 Å². The number of hydrogen-bond donors (Lipinski definition) is 2. The fraction of sp³-hybridized carbons (Fsp3) is 0.296. The number of hydrogen-bond acceptors (Lipinski definition) is 5. The molecule has 1 fully saturated rings. The Labute approximate surface area is 216 Å². The first-order valence-corrected chi connectivity index (χ1v) is 12.2. The van der Waals surface area contributed by atoms with Crippen LogP contribution in [0.3, 0.4) is 0 Å². The monoisotopic (exact) mass is 507 g/mol. The van der Waals surface area contributed by atoms with E-state index in [1.165, 1.54) is 0 Å². The maximum atomic E-state index is 13.2. The molecule has 2 N–H and O–H groups in total. The van der Waals surface area contributed by atoms with Gasteiger partial charge in [-0.2, -0.15) is 0 Å². The second-order valence-electron chi connectivity index (χ2n) is 8.83. The minimum Gasteiger partial charge on any atom is -0.485 e. The van der Waals surface area contributed by atoms with Gasteiger partial charge in [0, 0.05) is 25.7 Å². The summed E-state index contributed by atoms with van der Waals surface area (Å²) < 4.78 is 5.99. The van der Waals surface area contributed by atoms with Gasteiger partial charge in [-0.25, -0.2) is 9.78 Å². The number of likely N-dealkylation sites (N-methyl/N-ethyl adjacent to an activating group) is 2. The summed E-state index contributed by atoms with van der Waals surface area (Å²) in [4.78, 5) is 32.7. The predicted molar refractivity (Wildman–Crippen MR) is 140 cm³/mol. The molecule has 0 spiro atoms. The number of nitrogens with one attached hydrogen (secondary N) is 2. The van der Waals surface area contributed by atoms with Crippen molar-refractivity contribution in [3.8, 4) is 5.75 Å². The Bertz CT molecular complexity index is 1140. The molecule has 1 aromatic heterocycles. The van der Waals surface area contributed by atoms with E-state index >= 15 is 0 Å². The number of carbonyl (C=O) groups is 2. The number of nitrogens with zero attached hydrogens (tertiary/aromatic N) is 3. The van der Waals surface area contributed by atoms with Crippen LogP contribution in [0.1, 0.15) is 17.2 Å². The lowest BCUT2D eigenvalue weighted by atomic mass is 10.1. The molecule has 0 bridgehead atoms. The molecule has 0 unspecified atom stereocenters. The van der Waals surface area contributed by atoms with E-state index in [1.54, 1.807) is 42.2 Å². The first kappa shape index (κ1) is 25.5. The Hall–Kier alpha value is -3.62. The van der Waals surface area contributed by atoms with Crippen LogP contribution >= 0.6 is 11.6 Å². The van der Waals surface area contributed by atoms with Gasteiger partial charge in [0.1, 0.15) is 23.7 Å². The summed E-state index contributed by atoms with van der Waals surface area (Å²) in [6.07, 6.45) is 2.18. The Balaban J connectivity index is 1.36. The topological polar surface area (TPSA) is 86.8 Å². The van der Waals surface area contributed by atoms with Gasteiger partial charge in [-0.05, 0) is 41.8 Å². The SMILES string of the molecule is CN1CC(Oc2ccc(NC(=O)[C@H](NCCc3ccc(Cl)cc3)c3ccccc3)nc2)CN(C)C1=O. The van der Waals surface area contributed by atoms with Crippen molar-refractivity contribution < 1.29 is 14.3 Å². The van der Waals surface area contributed by atoms with Crippen molar-refractivity contribution >= 4 is 29.4 Å². The molecule has 36 heavy (non-hydrogen) atoms.